The Morgan fingerprint density at radius 1 is 1.33 bits per heavy atom. The van der Waals surface area contributed by atoms with Gasteiger partial charge in [-0.3, -0.25) is 5.32 Å². The maximum absolute atomic E-state index is 11.9. The van der Waals surface area contributed by atoms with Gasteiger partial charge >= 0.3 is 12.0 Å². The maximum Gasteiger partial charge on any atom is 0.341 e. The van der Waals surface area contributed by atoms with Crippen molar-refractivity contribution in [2.45, 2.75) is 20.8 Å². The van der Waals surface area contributed by atoms with E-state index in [1.165, 1.54) is 16.2 Å². The van der Waals surface area contributed by atoms with Gasteiger partial charge in [0.1, 0.15) is 5.00 Å². The molecule has 0 radical (unpaired) electrons. The summed E-state index contributed by atoms with van der Waals surface area (Å²) in [5.74, 6) is -0.395. The van der Waals surface area contributed by atoms with Crippen molar-refractivity contribution in [3.8, 4) is 0 Å². The van der Waals surface area contributed by atoms with Crippen molar-refractivity contribution >= 4 is 28.3 Å². The van der Waals surface area contributed by atoms with E-state index in [-0.39, 0.29) is 6.03 Å². The van der Waals surface area contributed by atoms with Crippen molar-refractivity contribution in [2.75, 3.05) is 26.0 Å². The summed E-state index contributed by atoms with van der Waals surface area (Å²) in [5.41, 5.74) is 1.31. The number of aryl methyl sites for hydroxylation is 1. The number of hydrogen-bond acceptors (Lipinski definition) is 4. The van der Waals surface area contributed by atoms with Crippen LogP contribution in [0.2, 0.25) is 0 Å². The average Bonchev–Trinajstić information content (AvgIpc) is 2.54. The first-order valence-corrected chi connectivity index (χ1v) is 6.45. The summed E-state index contributed by atoms with van der Waals surface area (Å²) in [6.45, 7) is 5.83. The number of anilines is 1. The number of esters is 1. The molecule has 1 aromatic heterocycles. The summed E-state index contributed by atoms with van der Waals surface area (Å²) in [6.07, 6.45) is 0. The number of hydrogen-bond donors (Lipinski definition) is 1. The Labute approximate surface area is 111 Å². The highest BCUT2D eigenvalue weighted by Gasteiger charge is 2.22. The molecule has 0 saturated heterocycles. The number of rotatable bonds is 3. The lowest BCUT2D eigenvalue weighted by Gasteiger charge is -2.12. The van der Waals surface area contributed by atoms with Crippen LogP contribution in [0.3, 0.4) is 0 Å². The second kappa shape index (κ2) is 5.86. The Kier molecular flexibility index (Phi) is 4.72. The fraction of sp³-hybridized carbons (Fsp3) is 0.500. The second-order valence-electron chi connectivity index (χ2n) is 4.03. The van der Waals surface area contributed by atoms with Crippen molar-refractivity contribution in [3.05, 3.63) is 16.0 Å². The summed E-state index contributed by atoms with van der Waals surface area (Å²) in [6, 6.07) is -0.262. The molecule has 1 heterocycles. The van der Waals surface area contributed by atoms with Crippen LogP contribution in [0, 0.1) is 13.8 Å². The summed E-state index contributed by atoms with van der Waals surface area (Å²) >= 11 is 1.38. The minimum absolute atomic E-state index is 0.262. The zero-order valence-electron chi connectivity index (χ0n) is 11.3. The van der Waals surface area contributed by atoms with E-state index in [1.54, 1.807) is 21.0 Å². The second-order valence-corrected chi connectivity index (χ2v) is 5.26. The molecule has 5 nitrogen and oxygen atoms in total. The Balaban J connectivity index is 3.08. The average molecular weight is 270 g/mol. The molecule has 0 fully saturated rings. The number of nitrogens with zero attached hydrogens (tertiary/aromatic N) is 1. The summed E-state index contributed by atoms with van der Waals surface area (Å²) in [7, 11) is 3.29. The molecule has 1 aromatic rings. The molecule has 100 valence electrons. The van der Waals surface area contributed by atoms with E-state index in [2.05, 4.69) is 5.32 Å². The van der Waals surface area contributed by atoms with Gasteiger partial charge in [-0.05, 0) is 26.3 Å². The van der Waals surface area contributed by atoms with Gasteiger partial charge in [0.2, 0.25) is 0 Å². The van der Waals surface area contributed by atoms with Crippen LogP contribution in [0.1, 0.15) is 27.7 Å². The van der Waals surface area contributed by atoms with E-state index in [0.717, 1.165) is 10.4 Å². The lowest BCUT2D eigenvalue weighted by molar-refractivity contribution is 0.0527. The molecule has 6 heteroatoms. The topological polar surface area (TPSA) is 58.6 Å². The first-order chi connectivity index (χ1) is 8.38. The van der Waals surface area contributed by atoms with Crippen molar-refractivity contribution < 1.29 is 14.3 Å². The monoisotopic (exact) mass is 270 g/mol. The molecule has 0 atom stereocenters. The number of thiophene rings is 1. The van der Waals surface area contributed by atoms with E-state index in [9.17, 15) is 9.59 Å². The number of carbonyl (C=O) groups excluding carboxylic acids is 2. The Morgan fingerprint density at radius 3 is 2.44 bits per heavy atom. The van der Waals surface area contributed by atoms with Crippen molar-refractivity contribution in [1.29, 1.82) is 0 Å². The maximum atomic E-state index is 11.9. The van der Waals surface area contributed by atoms with Crippen LogP contribution < -0.4 is 5.32 Å². The number of nitrogens with one attached hydrogen (secondary N) is 1. The van der Waals surface area contributed by atoms with E-state index in [4.69, 9.17) is 4.74 Å². The molecule has 0 saturated carbocycles. The zero-order valence-corrected chi connectivity index (χ0v) is 12.1. The van der Waals surface area contributed by atoms with Crippen LogP contribution in [0.15, 0.2) is 0 Å². The molecule has 0 bridgehead atoms. The predicted octanol–water partition coefficient (Wildman–Crippen LogP) is 2.64. The van der Waals surface area contributed by atoms with Gasteiger partial charge in [0.25, 0.3) is 0 Å². The van der Waals surface area contributed by atoms with Gasteiger partial charge in [-0.25, -0.2) is 9.59 Å². The van der Waals surface area contributed by atoms with Crippen LogP contribution in [0.25, 0.3) is 0 Å². The molecular weight excluding hydrogens is 252 g/mol. The van der Waals surface area contributed by atoms with Gasteiger partial charge < -0.3 is 9.64 Å². The normalized spacial score (nSPS) is 10.1. The summed E-state index contributed by atoms with van der Waals surface area (Å²) < 4.78 is 5.01. The highest BCUT2D eigenvalue weighted by Crippen LogP contribution is 2.33. The number of ether oxygens (including phenoxy) is 1. The van der Waals surface area contributed by atoms with Crippen LogP contribution in [0.5, 0.6) is 0 Å². The quantitative estimate of drug-likeness (QED) is 0.859. The van der Waals surface area contributed by atoms with Crippen molar-refractivity contribution in [2.24, 2.45) is 0 Å². The molecule has 1 rings (SSSR count). The molecule has 0 aromatic carbocycles. The fourth-order valence-electron chi connectivity index (χ4n) is 1.37. The Bertz CT molecular complexity index is 466. The summed E-state index contributed by atoms with van der Waals surface area (Å²) in [5, 5.41) is 3.26. The minimum Gasteiger partial charge on any atom is -0.462 e. The lowest BCUT2D eigenvalue weighted by atomic mass is 10.1. The van der Waals surface area contributed by atoms with Crippen LogP contribution in [-0.4, -0.2) is 37.6 Å². The smallest absolute Gasteiger partial charge is 0.341 e. The van der Waals surface area contributed by atoms with Crippen LogP contribution in [0.4, 0.5) is 9.80 Å². The first kappa shape index (κ1) is 14.5. The molecule has 0 aliphatic heterocycles. The van der Waals surface area contributed by atoms with Gasteiger partial charge in [-0.1, -0.05) is 0 Å². The molecular formula is C12H18N2O3S. The van der Waals surface area contributed by atoms with E-state index in [1.807, 2.05) is 13.8 Å². The number of urea groups is 1. The number of amides is 2. The highest BCUT2D eigenvalue weighted by molar-refractivity contribution is 7.16. The molecule has 0 spiro atoms. The van der Waals surface area contributed by atoms with Crippen molar-refractivity contribution in [1.82, 2.24) is 4.90 Å². The van der Waals surface area contributed by atoms with Gasteiger partial charge in [-0.2, -0.15) is 0 Å². The third kappa shape index (κ3) is 3.01. The predicted molar refractivity (Wildman–Crippen MR) is 72.5 cm³/mol. The highest BCUT2D eigenvalue weighted by atomic mass is 32.1. The summed E-state index contributed by atoms with van der Waals surface area (Å²) in [4.78, 5) is 25.9. The fourth-order valence-corrected chi connectivity index (χ4v) is 2.41. The van der Waals surface area contributed by atoms with Crippen LogP contribution >= 0.6 is 11.3 Å². The minimum atomic E-state index is -0.395. The van der Waals surface area contributed by atoms with E-state index >= 15 is 0 Å². The molecule has 1 N–H and O–H groups in total. The van der Waals surface area contributed by atoms with Gasteiger partial charge in [0.05, 0.1) is 12.2 Å². The van der Waals surface area contributed by atoms with Gasteiger partial charge in [0.15, 0.2) is 0 Å². The first-order valence-electron chi connectivity index (χ1n) is 5.63. The molecule has 0 aliphatic rings. The Hall–Kier alpha value is -1.56. The molecule has 0 unspecified atom stereocenters. The van der Waals surface area contributed by atoms with E-state index in [0.29, 0.717) is 17.2 Å². The van der Waals surface area contributed by atoms with Gasteiger partial charge in [-0.15, -0.1) is 11.3 Å². The molecule has 18 heavy (non-hydrogen) atoms. The lowest BCUT2D eigenvalue weighted by Crippen LogP contribution is -2.27. The molecule has 0 aliphatic carbocycles. The zero-order chi connectivity index (χ0) is 13.9. The Morgan fingerprint density at radius 2 is 1.94 bits per heavy atom. The largest absolute Gasteiger partial charge is 0.462 e. The van der Waals surface area contributed by atoms with Gasteiger partial charge in [0, 0.05) is 19.0 Å². The number of carbonyl (C=O) groups is 2. The van der Waals surface area contributed by atoms with Crippen molar-refractivity contribution in [3.63, 3.8) is 0 Å². The molecule has 2 amide bonds. The standard InChI is InChI=1S/C12H18N2O3S/c1-6-17-11(15)9-7(2)8(3)18-10(9)13-12(16)14(4)5/h6H2,1-5H3,(H,13,16). The van der Waals surface area contributed by atoms with Crippen LogP contribution in [-0.2, 0) is 4.74 Å². The third-order valence-electron chi connectivity index (χ3n) is 2.49. The van der Waals surface area contributed by atoms with E-state index < -0.39 is 5.97 Å². The third-order valence-corrected chi connectivity index (χ3v) is 3.61. The SMILES string of the molecule is CCOC(=O)c1c(NC(=O)N(C)C)sc(C)c1C.